The van der Waals surface area contributed by atoms with Gasteiger partial charge in [-0.15, -0.1) is 10.2 Å². The standard InChI is InChI=1S/C19H19BrF3N5O4S2/c1-27(2)7-8-32-13(29)10-28-15(14(20)16(26-28)19(21,22)23)18-25-24-17(33-18)11-5-4-6-12(9-11)34(3,30)31/h4-6,9H,7-8,10H2,1-3H3. The van der Waals surface area contributed by atoms with E-state index in [1.54, 1.807) is 25.1 Å². The summed E-state index contributed by atoms with van der Waals surface area (Å²) in [5, 5.41) is 11.9. The van der Waals surface area contributed by atoms with E-state index in [0.717, 1.165) is 22.3 Å². The Morgan fingerprint density at radius 2 is 1.91 bits per heavy atom. The Balaban J connectivity index is 1.99. The molecular weight excluding hydrogens is 563 g/mol. The van der Waals surface area contributed by atoms with E-state index in [9.17, 15) is 26.4 Å². The van der Waals surface area contributed by atoms with Crippen molar-refractivity contribution < 1.29 is 31.1 Å². The number of sulfone groups is 1. The van der Waals surface area contributed by atoms with Gasteiger partial charge in [0.05, 0.1) is 9.37 Å². The van der Waals surface area contributed by atoms with Crippen LogP contribution < -0.4 is 0 Å². The second-order valence-electron chi connectivity index (χ2n) is 7.40. The quantitative estimate of drug-likeness (QED) is 0.373. The fraction of sp³-hybridized carbons (Fsp3) is 0.368. The molecule has 0 unspecified atom stereocenters. The van der Waals surface area contributed by atoms with Crippen molar-refractivity contribution in [2.45, 2.75) is 17.6 Å². The summed E-state index contributed by atoms with van der Waals surface area (Å²) in [7, 11) is 0.0887. The molecular formula is C19H19BrF3N5O4S2. The number of carbonyl (C=O) groups is 1. The maximum Gasteiger partial charge on any atom is 0.436 e. The van der Waals surface area contributed by atoms with Crippen molar-refractivity contribution in [2.75, 3.05) is 33.5 Å². The largest absolute Gasteiger partial charge is 0.463 e. The van der Waals surface area contributed by atoms with Gasteiger partial charge in [-0.25, -0.2) is 13.1 Å². The smallest absolute Gasteiger partial charge is 0.436 e. The summed E-state index contributed by atoms with van der Waals surface area (Å²) in [5.74, 6) is -0.766. The van der Waals surface area contributed by atoms with E-state index in [0.29, 0.717) is 12.1 Å². The Morgan fingerprint density at radius 1 is 1.24 bits per heavy atom. The number of hydrogen-bond donors (Lipinski definition) is 0. The molecule has 0 N–H and O–H groups in total. The van der Waals surface area contributed by atoms with Crippen molar-refractivity contribution in [3.05, 3.63) is 34.4 Å². The zero-order chi connectivity index (χ0) is 25.3. The molecule has 0 saturated carbocycles. The molecule has 2 aromatic heterocycles. The van der Waals surface area contributed by atoms with E-state index in [1.165, 1.54) is 18.2 Å². The lowest BCUT2D eigenvalue weighted by atomic mass is 10.2. The monoisotopic (exact) mass is 581 g/mol. The number of ether oxygens (including phenoxy) is 1. The third kappa shape index (κ3) is 6.20. The van der Waals surface area contributed by atoms with E-state index < -0.39 is 38.7 Å². The normalized spacial score (nSPS) is 12.4. The molecule has 15 heteroatoms. The molecule has 9 nitrogen and oxygen atoms in total. The van der Waals surface area contributed by atoms with Crippen LogP contribution in [0.25, 0.3) is 21.3 Å². The number of halogens is 4. The Kier molecular flexibility index (Phi) is 7.79. The van der Waals surface area contributed by atoms with Crippen molar-refractivity contribution >= 4 is 43.1 Å². The van der Waals surface area contributed by atoms with E-state index in [-0.39, 0.29) is 27.2 Å². The molecule has 0 saturated heterocycles. The van der Waals surface area contributed by atoms with Crippen molar-refractivity contribution in [1.29, 1.82) is 0 Å². The van der Waals surface area contributed by atoms with Gasteiger partial charge < -0.3 is 9.64 Å². The zero-order valence-electron chi connectivity index (χ0n) is 18.1. The van der Waals surface area contributed by atoms with Crippen LogP contribution in [-0.2, 0) is 32.1 Å². The second-order valence-corrected chi connectivity index (χ2v) is 11.2. The second kappa shape index (κ2) is 10.1. The van der Waals surface area contributed by atoms with Gasteiger partial charge in [0.25, 0.3) is 0 Å². The third-order valence-corrected chi connectivity index (χ3v) is 7.22. The maximum atomic E-state index is 13.5. The molecule has 0 radical (unpaired) electrons. The SMILES string of the molecule is CN(C)CCOC(=O)Cn1nc(C(F)(F)F)c(Br)c1-c1nnc(-c2cccc(S(C)(=O)=O)c2)s1. The fourth-order valence-corrected chi connectivity index (χ4v) is 5.14. The van der Waals surface area contributed by atoms with Crippen molar-refractivity contribution in [3.8, 4) is 21.3 Å². The summed E-state index contributed by atoms with van der Waals surface area (Å²) in [6.45, 7) is -0.0627. The van der Waals surface area contributed by atoms with Gasteiger partial charge in [0.2, 0.25) is 0 Å². The fourth-order valence-electron chi connectivity index (χ4n) is 2.75. The van der Waals surface area contributed by atoms with Gasteiger partial charge in [-0.05, 0) is 42.2 Å². The van der Waals surface area contributed by atoms with Gasteiger partial charge in [0.1, 0.15) is 23.9 Å². The Morgan fingerprint density at radius 3 is 2.53 bits per heavy atom. The van der Waals surface area contributed by atoms with Crippen LogP contribution in [0.5, 0.6) is 0 Å². The van der Waals surface area contributed by atoms with Crippen LogP contribution in [0.2, 0.25) is 0 Å². The maximum absolute atomic E-state index is 13.5. The third-order valence-electron chi connectivity index (χ3n) is 4.38. The highest BCUT2D eigenvalue weighted by atomic mass is 79.9. The predicted molar refractivity (Wildman–Crippen MR) is 122 cm³/mol. The average Bonchev–Trinajstić information content (AvgIpc) is 3.31. The predicted octanol–water partition coefficient (Wildman–Crippen LogP) is 3.36. The van der Waals surface area contributed by atoms with Crippen LogP contribution in [0.3, 0.4) is 0 Å². The number of alkyl halides is 3. The lowest BCUT2D eigenvalue weighted by molar-refractivity contribution is -0.146. The van der Waals surface area contributed by atoms with E-state index in [4.69, 9.17) is 4.74 Å². The van der Waals surface area contributed by atoms with Gasteiger partial charge in [-0.1, -0.05) is 23.5 Å². The number of aromatic nitrogens is 4. The zero-order valence-corrected chi connectivity index (χ0v) is 21.3. The first-order valence-corrected chi connectivity index (χ1v) is 13.1. The Bertz CT molecular complexity index is 1310. The van der Waals surface area contributed by atoms with E-state index in [2.05, 4.69) is 31.2 Å². The first kappa shape index (κ1) is 26.2. The molecule has 1 aromatic carbocycles. The van der Waals surface area contributed by atoms with Gasteiger partial charge in [-0.3, -0.25) is 4.79 Å². The number of nitrogens with zero attached hydrogens (tertiary/aromatic N) is 5. The van der Waals surface area contributed by atoms with Gasteiger partial charge in [0, 0.05) is 18.4 Å². The van der Waals surface area contributed by atoms with E-state index in [1.807, 2.05) is 0 Å². The molecule has 0 atom stereocenters. The lowest BCUT2D eigenvalue weighted by Crippen LogP contribution is -2.22. The van der Waals surface area contributed by atoms with Crippen LogP contribution in [0.4, 0.5) is 13.2 Å². The van der Waals surface area contributed by atoms with Crippen molar-refractivity contribution in [3.63, 3.8) is 0 Å². The van der Waals surface area contributed by atoms with Crippen molar-refractivity contribution in [1.82, 2.24) is 24.9 Å². The average molecular weight is 582 g/mol. The summed E-state index contributed by atoms with van der Waals surface area (Å²) >= 11 is 3.86. The first-order valence-electron chi connectivity index (χ1n) is 9.55. The molecule has 184 valence electrons. The topological polar surface area (TPSA) is 107 Å². The molecule has 0 amide bonds. The molecule has 0 aliphatic carbocycles. The summed E-state index contributed by atoms with van der Waals surface area (Å²) in [4.78, 5) is 14.1. The molecule has 0 spiro atoms. The Hall–Kier alpha value is -2.36. The summed E-state index contributed by atoms with van der Waals surface area (Å²) in [6, 6.07) is 5.95. The van der Waals surface area contributed by atoms with Crippen LogP contribution in [-0.4, -0.2) is 72.8 Å². The molecule has 3 aromatic rings. The molecule has 0 aliphatic heterocycles. The van der Waals surface area contributed by atoms with Crippen LogP contribution >= 0.6 is 27.3 Å². The minimum atomic E-state index is -4.79. The molecule has 0 fully saturated rings. The lowest BCUT2D eigenvalue weighted by Gasteiger charge is -2.10. The van der Waals surface area contributed by atoms with Crippen LogP contribution in [0, 0.1) is 0 Å². The van der Waals surface area contributed by atoms with Gasteiger partial charge in [0.15, 0.2) is 20.5 Å². The number of likely N-dealkylation sites (N-methyl/N-ethyl adjacent to an activating group) is 1. The summed E-state index contributed by atoms with van der Waals surface area (Å²) < 4.78 is 69.7. The number of benzene rings is 1. The highest BCUT2D eigenvalue weighted by Crippen LogP contribution is 2.41. The Labute approximate surface area is 205 Å². The molecule has 2 heterocycles. The minimum absolute atomic E-state index is 0.0516. The van der Waals surface area contributed by atoms with Crippen LogP contribution in [0.15, 0.2) is 33.6 Å². The van der Waals surface area contributed by atoms with E-state index >= 15 is 0 Å². The van der Waals surface area contributed by atoms with Crippen molar-refractivity contribution in [2.24, 2.45) is 0 Å². The molecule has 0 aliphatic rings. The minimum Gasteiger partial charge on any atom is -0.463 e. The molecule has 0 bridgehead atoms. The number of carbonyl (C=O) groups excluding carboxylic acids is 1. The highest BCUT2D eigenvalue weighted by molar-refractivity contribution is 9.10. The summed E-state index contributed by atoms with van der Waals surface area (Å²) in [6.07, 6.45) is -3.73. The van der Waals surface area contributed by atoms with Crippen LogP contribution in [0.1, 0.15) is 5.69 Å². The number of esters is 1. The van der Waals surface area contributed by atoms with Gasteiger partial charge >= 0.3 is 12.1 Å². The molecule has 3 rings (SSSR count). The first-order chi connectivity index (χ1) is 15.8. The number of rotatable bonds is 8. The molecule has 34 heavy (non-hydrogen) atoms. The highest BCUT2D eigenvalue weighted by Gasteiger charge is 2.40. The summed E-state index contributed by atoms with van der Waals surface area (Å²) in [5.41, 5.74) is -0.896. The van der Waals surface area contributed by atoms with Gasteiger partial charge in [-0.2, -0.15) is 18.3 Å². The number of hydrogen-bond acceptors (Lipinski definition) is 9.